The molecular weight excluding hydrogens is 248 g/mol. The van der Waals surface area contributed by atoms with E-state index in [2.05, 4.69) is 30.5 Å². The highest BCUT2D eigenvalue weighted by atomic mass is 16.1. The normalized spacial score (nSPS) is 24.2. The van der Waals surface area contributed by atoms with E-state index in [4.69, 9.17) is 0 Å². The lowest BCUT2D eigenvalue weighted by Crippen LogP contribution is -2.40. The van der Waals surface area contributed by atoms with Crippen LogP contribution in [-0.4, -0.2) is 11.9 Å². The predicted molar refractivity (Wildman–Crippen MR) is 80.5 cm³/mol. The molecule has 1 heterocycles. The van der Waals surface area contributed by atoms with Crippen molar-refractivity contribution < 1.29 is 4.79 Å². The van der Waals surface area contributed by atoms with E-state index in [9.17, 15) is 4.79 Å². The summed E-state index contributed by atoms with van der Waals surface area (Å²) in [6.45, 7) is 6.40. The summed E-state index contributed by atoms with van der Waals surface area (Å²) in [6, 6.07) is 6.40. The van der Waals surface area contributed by atoms with Gasteiger partial charge in [0.1, 0.15) is 0 Å². The van der Waals surface area contributed by atoms with Crippen LogP contribution in [0.3, 0.4) is 0 Å². The number of rotatable bonds is 2. The number of amides is 1. The lowest BCUT2D eigenvalue weighted by molar-refractivity contribution is 0.0902. The predicted octanol–water partition coefficient (Wildman–Crippen LogP) is 2.99. The molecular formula is C17H24N2O. The van der Waals surface area contributed by atoms with E-state index in [0.717, 1.165) is 31.5 Å². The summed E-state index contributed by atoms with van der Waals surface area (Å²) >= 11 is 0. The molecule has 1 aliphatic carbocycles. The molecule has 1 amide bonds. The van der Waals surface area contributed by atoms with Gasteiger partial charge < -0.3 is 10.6 Å². The van der Waals surface area contributed by atoms with Crippen molar-refractivity contribution in [1.82, 2.24) is 10.6 Å². The minimum Gasteiger partial charge on any atom is -0.349 e. The lowest BCUT2D eigenvalue weighted by Gasteiger charge is -2.35. The monoisotopic (exact) mass is 272 g/mol. The summed E-state index contributed by atoms with van der Waals surface area (Å²) in [7, 11) is 0. The standard InChI is InChI=1S/C17H24N2O/c1-17(2)7-3-4-15(9-17)19-16(20)12-5-6-13-10-18-11-14(13)8-12/h5-6,8,15,18H,3-4,7,9-11H2,1-2H3,(H,19,20). The van der Waals surface area contributed by atoms with Gasteiger partial charge in [0.15, 0.2) is 0 Å². The maximum atomic E-state index is 12.4. The third-order valence-corrected chi connectivity index (χ3v) is 4.64. The summed E-state index contributed by atoms with van der Waals surface area (Å²) in [5, 5.41) is 6.54. The van der Waals surface area contributed by atoms with Gasteiger partial charge in [-0.2, -0.15) is 0 Å². The highest BCUT2D eigenvalue weighted by Crippen LogP contribution is 2.35. The molecule has 3 rings (SSSR count). The number of benzene rings is 1. The van der Waals surface area contributed by atoms with Crippen LogP contribution in [0.5, 0.6) is 0 Å². The fourth-order valence-corrected chi connectivity index (χ4v) is 3.53. The van der Waals surface area contributed by atoms with E-state index >= 15 is 0 Å². The third kappa shape index (κ3) is 2.88. The maximum absolute atomic E-state index is 12.4. The summed E-state index contributed by atoms with van der Waals surface area (Å²) in [5.74, 6) is 0.0856. The van der Waals surface area contributed by atoms with Crippen LogP contribution in [0, 0.1) is 5.41 Å². The van der Waals surface area contributed by atoms with Crippen molar-refractivity contribution in [3.63, 3.8) is 0 Å². The van der Waals surface area contributed by atoms with Crippen LogP contribution >= 0.6 is 0 Å². The minimum atomic E-state index is 0.0856. The summed E-state index contributed by atoms with van der Waals surface area (Å²) in [6.07, 6.45) is 4.68. The molecule has 0 radical (unpaired) electrons. The number of nitrogens with one attached hydrogen (secondary N) is 2. The van der Waals surface area contributed by atoms with E-state index < -0.39 is 0 Å². The van der Waals surface area contributed by atoms with Gasteiger partial charge in [-0.15, -0.1) is 0 Å². The van der Waals surface area contributed by atoms with E-state index in [-0.39, 0.29) is 5.91 Å². The number of hydrogen-bond acceptors (Lipinski definition) is 2. The fourth-order valence-electron chi connectivity index (χ4n) is 3.53. The first-order valence-corrected chi connectivity index (χ1v) is 7.67. The molecule has 1 aliphatic heterocycles. The van der Waals surface area contributed by atoms with Crippen molar-refractivity contribution in [2.45, 2.75) is 58.7 Å². The Balaban J connectivity index is 1.67. The second-order valence-corrected chi connectivity index (χ2v) is 7.02. The molecule has 0 aromatic heterocycles. The molecule has 3 heteroatoms. The zero-order chi connectivity index (χ0) is 14.2. The van der Waals surface area contributed by atoms with Gasteiger partial charge in [-0.25, -0.2) is 0 Å². The van der Waals surface area contributed by atoms with Gasteiger partial charge in [-0.1, -0.05) is 26.3 Å². The van der Waals surface area contributed by atoms with E-state index in [1.165, 1.54) is 24.0 Å². The Morgan fingerprint density at radius 1 is 1.30 bits per heavy atom. The third-order valence-electron chi connectivity index (χ3n) is 4.64. The van der Waals surface area contributed by atoms with Crippen LogP contribution < -0.4 is 10.6 Å². The highest BCUT2D eigenvalue weighted by Gasteiger charge is 2.29. The second kappa shape index (κ2) is 5.21. The Labute approximate surface area is 121 Å². The molecule has 1 aromatic carbocycles. The molecule has 3 nitrogen and oxygen atoms in total. The molecule has 1 saturated carbocycles. The Kier molecular flexibility index (Phi) is 3.55. The van der Waals surface area contributed by atoms with Crippen LogP contribution in [0.2, 0.25) is 0 Å². The number of carbonyl (C=O) groups is 1. The van der Waals surface area contributed by atoms with Crippen LogP contribution in [0.15, 0.2) is 18.2 Å². The summed E-state index contributed by atoms with van der Waals surface area (Å²) in [4.78, 5) is 12.4. The maximum Gasteiger partial charge on any atom is 0.251 e. The molecule has 0 spiro atoms. The summed E-state index contributed by atoms with van der Waals surface area (Å²) in [5.41, 5.74) is 3.75. The van der Waals surface area contributed by atoms with Gasteiger partial charge >= 0.3 is 0 Å². The Morgan fingerprint density at radius 3 is 2.90 bits per heavy atom. The average molecular weight is 272 g/mol. The molecule has 1 aromatic rings. The Morgan fingerprint density at radius 2 is 2.10 bits per heavy atom. The largest absolute Gasteiger partial charge is 0.349 e. The first-order valence-electron chi connectivity index (χ1n) is 7.67. The second-order valence-electron chi connectivity index (χ2n) is 7.02. The van der Waals surface area contributed by atoms with Gasteiger partial charge in [0.25, 0.3) is 5.91 Å². The van der Waals surface area contributed by atoms with Crippen molar-refractivity contribution in [2.75, 3.05) is 0 Å². The fraction of sp³-hybridized carbons (Fsp3) is 0.588. The molecule has 20 heavy (non-hydrogen) atoms. The zero-order valence-corrected chi connectivity index (χ0v) is 12.5. The van der Waals surface area contributed by atoms with Crippen molar-refractivity contribution in [3.05, 3.63) is 34.9 Å². The molecule has 0 bridgehead atoms. The lowest BCUT2D eigenvalue weighted by atomic mass is 9.75. The molecule has 0 saturated heterocycles. The molecule has 2 aliphatic rings. The molecule has 1 fully saturated rings. The molecule has 1 atom stereocenters. The first kappa shape index (κ1) is 13.6. The Hall–Kier alpha value is -1.35. The van der Waals surface area contributed by atoms with Crippen LogP contribution in [0.25, 0.3) is 0 Å². The van der Waals surface area contributed by atoms with Crippen molar-refractivity contribution >= 4 is 5.91 Å². The van der Waals surface area contributed by atoms with Gasteiger partial charge in [-0.3, -0.25) is 4.79 Å². The van der Waals surface area contributed by atoms with Crippen molar-refractivity contribution in [3.8, 4) is 0 Å². The quantitative estimate of drug-likeness (QED) is 0.869. The number of carbonyl (C=O) groups excluding carboxylic acids is 1. The van der Waals surface area contributed by atoms with Crippen LogP contribution in [0.1, 0.15) is 61.0 Å². The van der Waals surface area contributed by atoms with Crippen LogP contribution in [0.4, 0.5) is 0 Å². The SMILES string of the molecule is CC1(C)CCCC(NC(=O)c2ccc3c(c2)CNC3)C1. The zero-order valence-electron chi connectivity index (χ0n) is 12.5. The smallest absolute Gasteiger partial charge is 0.251 e. The number of fused-ring (bicyclic) bond motifs is 1. The first-order chi connectivity index (χ1) is 9.53. The van der Waals surface area contributed by atoms with Crippen LogP contribution in [-0.2, 0) is 13.1 Å². The molecule has 1 unspecified atom stereocenters. The molecule has 108 valence electrons. The van der Waals surface area contributed by atoms with Crippen molar-refractivity contribution in [1.29, 1.82) is 0 Å². The van der Waals surface area contributed by atoms with Gasteiger partial charge in [0.2, 0.25) is 0 Å². The highest BCUT2D eigenvalue weighted by molar-refractivity contribution is 5.94. The minimum absolute atomic E-state index is 0.0856. The van der Waals surface area contributed by atoms with Gasteiger partial charge in [0, 0.05) is 24.7 Å². The Bertz CT molecular complexity index is 522. The van der Waals surface area contributed by atoms with Gasteiger partial charge in [-0.05, 0) is 47.9 Å². The summed E-state index contributed by atoms with van der Waals surface area (Å²) < 4.78 is 0. The van der Waals surface area contributed by atoms with Gasteiger partial charge in [0.05, 0.1) is 0 Å². The topological polar surface area (TPSA) is 41.1 Å². The average Bonchev–Trinajstić information content (AvgIpc) is 2.84. The van der Waals surface area contributed by atoms with E-state index in [1.54, 1.807) is 0 Å². The number of hydrogen-bond donors (Lipinski definition) is 2. The van der Waals surface area contributed by atoms with E-state index in [0.29, 0.717) is 11.5 Å². The van der Waals surface area contributed by atoms with E-state index in [1.807, 2.05) is 12.1 Å². The van der Waals surface area contributed by atoms with Crippen molar-refractivity contribution in [2.24, 2.45) is 5.41 Å². The molecule has 2 N–H and O–H groups in total.